The first-order valence-electron chi connectivity index (χ1n) is 9.00. The molecule has 0 fully saturated rings. The lowest BCUT2D eigenvalue weighted by molar-refractivity contribution is 0.311. The van der Waals surface area contributed by atoms with Crippen molar-refractivity contribution >= 4 is 28.9 Å². The van der Waals surface area contributed by atoms with E-state index >= 15 is 0 Å². The molecule has 1 aromatic carbocycles. The Hall–Kier alpha value is -1.99. The Morgan fingerprint density at radius 3 is 2.74 bits per heavy atom. The van der Waals surface area contributed by atoms with Crippen LogP contribution in [0.1, 0.15) is 29.3 Å². The molecule has 0 atom stereocenters. The summed E-state index contributed by atoms with van der Waals surface area (Å²) in [6, 6.07) is 3.77. The highest BCUT2D eigenvalue weighted by atomic mass is 35.5. The Labute approximate surface area is 170 Å². The van der Waals surface area contributed by atoms with E-state index in [9.17, 15) is 0 Å². The van der Waals surface area contributed by atoms with E-state index in [0.717, 1.165) is 36.0 Å². The van der Waals surface area contributed by atoms with E-state index in [1.165, 1.54) is 4.88 Å². The number of aryl methyl sites for hydroxylation is 1. The first-order valence-corrected chi connectivity index (χ1v) is 10.2. The maximum Gasteiger partial charge on any atom is 0.191 e. The zero-order valence-corrected chi connectivity index (χ0v) is 17.8. The molecule has 2 N–H and O–H groups in total. The molecule has 0 amide bonds. The highest BCUT2D eigenvalue weighted by Gasteiger charge is 2.11. The van der Waals surface area contributed by atoms with E-state index in [-0.39, 0.29) is 0 Å². The number of thiazole rings is 1. The first kappa shape index (κ1) is 21.3. The molecule has 0 aliphatic heterocycles. The zero-order valence-electron chi connectivity index (χ0n) is 16.3. The first-order chi connectivity index (χ1) is 13.1. The summed E-state index contributed by atoms with van der Waals surface area (Å²) >= 11 is 8.05. The van der Waals surface area contributed by atoms with Crippen LogP contribution in [-0.2, 0) is 13.0 Å². The summed E-state index contributed by atoms with van der Waals surface area (Å²) in [5.41, 5.74) is 0.952. The average molecular weight is 411 g/mol. The minimum atomic E-state index is 0.480. The standard InChI is InChI=1S/C19H27ClN4O2S/c1-5-21-19(22-8-7-17-23-11-13(3)27-17)24-12-14-9-15(20)18(26-6-2)16(10-14)25-4/h9-11H,5-8,12H2,1-4H3,(H2,21,22,24). The average Bonchev–Trinajstić information content (AvgIpc) is 3.06. The SMILES string of the molecule is CCNC(=NCc1cc(Cl)c(OCC)c(OC)c1)NCCc1ncc(C)s1. The lowest BCUT2D eigenvalue weighted by Gasteiger charge is -2.13. The second kappa shape index (κ2) is 11.0. The Kier molecular flexibility index (Phi) is 8.67. The van der Waals surface area contributed by atoms with Gasteiger partial charge in [-0.2, -0.15) is 0 Å². The molecular formula is C19H27ClN4O2S. The van der Waals surface area contributed by atoms with Crippen LogP contribution in [-0.4, -0.2) is 37.7 Å². The molecule has 1 aromatic heterocycles. The number of methoxy groups -OCH3 is 1. The topological polar surface area (TPSA) is 67.8 Å². The summed E-state index contributed by atoms with van der Waals surface area (Å²) in [4.78, 5) is 10.2. The molecule has 6 nitrogen and oxygen atoms in total. The number of halogens is 1. The maximum absolute atomic E-state index is 6.33. The number of aromatic nitrogens is 1. The van der Waals surface area contributed by atoms with Crippen LogP contribution >= 0.6 is 22.9 Å². The van der Waals surface area contributed by atoms with E-state index in [1.54, 1.807) is 18.4 Å². The molecule has 2 rings (SSSR count). The third-order valence-corrected chi connectivity index (χ3v) is 4.90. The Balaban J connectivity index is 2.01. The highest BCUT2D eigenvalue weighted by molar-refractivity contribution is 7.11. The highest BCUT2D eigenvalue weighted by Crippen LogP contribution is 2.36. The van der Waals surface area contributed by atoms with Gasteiger partial charge in [-0.15, -0.1) is 11.3 Å². The largest absolute Gasteiger partial charge is 0.493 e. The number of nitrogens with zero attached hydrogens (tertiary/aromatic N) is 2. The van der Waals surface area contributed by atoms with Crippen molar-refractivity contribution in [3.05, 3.63) is 38.8 Å². The normalized spacial score (nSPS) is 11.4. The van der Waals surface area contributed by atoms with Crippen LogP contribution in [0.4, 0.5) is 0 Å². The lowest BCUT2D eigenvalue weighted by atomic mass is 10.2. The van der Waals surface area contributed by atoms with Gasteiger partial charge in [0.1, 0.15) is 0 Å². The van der Waals surface area contributed by atoms with Crippen molar-refractivity contribution in [3.63, 3.8) is 0 Å². The number of guanidine groups is 1. The molecule has 0 unspecified atom stereocenters. The minimum absolute atomic E-state index is 0.480. The molecule has 148 valence electrons. The van der Waals surface area contributed by atoms with Crippen molar-refractivity contribution in [3.8, 4) is 11.5 Å². The molecule has 0 aliphatic rings. The molecule has 8 heteroatoms. The summed E-state index contributed by atoms with van der Waals surface area (Å²) < 4.78 is 10.9. The molecule has 0 saturated heterocycles. The van der Waals surface area contributed by atoms with Gasteiger partial charge in [0, 0.05) is 30.6 Å². The number of hydrogen-bond acceptors (Lipinski definition) is 5. The molecule has 0 aliphatic carbocycles. The van der Waals surface area contributed by atoms with Crippen molar-refractivity contribution in [2.24, 2.45) is 4.99 Å². The third kappa shape index (κ3) is 6.59. The molecule has 0 radical (unpaired) electrons. The fourth-order valence-electron chi connectivity index (χ4n) is 2.47. The van der Waals surface area contributed by atoms with Gasteiger partial charge in [-0.05, 0) is 38.5 Å². The fourth-order valence-corrected chi connectivity index (χ4v) is 3.54. The summed E-state index contributed by atoms with van der Waals surface area (Å²) in [6.07, 6.45) is 2.77. The Morgan fingerprint density at radius 1 is 1.30 bits per heavy atom. The van der Waals surface area contributed by atoms with Gasteiger partial charge in [0.2, 0.25) is 0 Å². The summed E-state index contributed by atoms with van der Waals surface area (Å²) in [5.74, 6) is 1.94. The van der Waals surface area contributed by atoms with Gasteiger partial charge in [0.25, 0.3) is 0 Å². The van der Waals surface area contributed by atoms with E-state index < -0.39 is 0 Å². The number of hydrogen-bond donors (Lipinski definition) is 2. The maximum atomic E-state index is 6.33. The molecule has 2 aromatic rings. The monoisotopic (exact) mass is 410 g/mol. The number of ether oxygens (including phenoxy) is 2. The fraction of sp³-hybridized carbons (Fsp3) is 0.474. The quantitative estimate of drug-likeness (QED) is 0.486. The summed E-state index contributed by atoms with van der Waals surface area (Å²) in [6.45, 7) is 8.58. The van der Waals surface area contributed by atoms with Gasteiger partial charge in [0.15, 0.2) is 17.5 Å². The van der Waals surface area contributed by atoms with Crippen LogP contribution in [0.5, 0.6) is 11.5 Å². The molecular weight excluding hydrogens is 384 g/mol. The second-order valence-corrected chi connectivity index (χ2v) is 7.51. The zero-order chi connectivity index (χ0) is 19.6. The Morgan fingerprint density at radius 2 is 2.11 bits per heavy atom. The Bertz CT molecular complexity index is 764. The molecule has 0 spiro atoms. The predicted octanol–water partition coefficient (Wildman–Crippen LogP) is 3.81. The van der Waals surface area contributed by atoms with Crippen molar-refractivity contribution in [2.45, 2.75) is 33.7 Å². The molecule has 0 bridgehead atoms. The van der Waals surface area contributed by atoms with E-state index in [0.29, 0.717) is 29.7 Å². The molecule has 27 heavy (non-hydrogen) atoms. The predicted molar refractivity (Wildman–Crippen MR) is 113 cm³/mol. The third-order valence-electron chi connectivity index (χ3n) is 3.64. The van der Waals surface area contributed by atoms with Gasteiger partial charge in [0.05, 0.1) is 30.3 Å². The van der Waals surface area contributed by atoms with Crippen LogP contribution in [0.15, 0.2) is 23.3 Å². The number of rotatable bonds is 9. The number of aliphatic imine (C=N–C) groups is 1. The van der Waals surface area contributed by atoms with Crippen molar-refractivity contribution in [1.82, 2.24) is 15.6 Å². The summed E-state index contributed by atoms with van der Waals surface area (Å²) in [7, 11) is 1.60. The van der Waals surface area contributed by atoms with Crippen molar-refractivity contribution < 1.29 is 9.47 Å². The van der Waals surface area contributed by atoms with Gasteiger partial charge < -0.3 is 20.1 Å². The van der Waals surface area contributed by atoms with Crippen LogP contribution in [0.2, 0.25) is 5.02 Å². The van der Waals surface area contributed by atoms with Crippen LogP contribution < -0.4 is 20.1 Å². The minimum Gasteiger partial charge on any atom is -0.493 e. The second-order valence-electron chi connectivity index (χ2n) is 5.78. The van der Waals surface area contributed by atoms with Gasteiger partial charge in [-0.1, -0.05) is 11.6 Å². The van der Waals surface area contributed by atoms with E-state index in [4.69, 9.17) is 21.1 Å². The van der Waals surface area contributed by atoms with Gasteiger partial charge in [-0.3, -0.25) is 0 Å². The lowest BCUT2D eigenvalue weighted by Crippen LogP contribution is -2.38. The van der Waals surface area contributed by atoms with Crippen molar-refractivity contribution in [1.29, 1.82) is 0 Å². The van der Waals surface area contributed by atoms with E-state index in [1.807, 2.05) is 32.2 Å². The summed E-state index contributed by atoms with van der Waals surface area (Å²) in [5, 5.41) is 8.24. The molecule has 1 heterocycles. The van der Waals surface area contributed by atoms with Crippen molar-refractivity contribution in [2.75, 3.05) is 26.8 Å². The smallest absolute Gasteiger partial charge is 0.191 e. The van der Waals surface area contributed by atoms with Gasteiger partial charge in [-0.25, -0.2) is 9.98 Å². The van der Waals surface area contributed by atoms with Crippen LogP contribution in [0.3, 0.4) is 0 Å². The van der Waals surface area contributed by atoms with Crippen LogP contribution in [0, 0.1) is 6.92 Å². The number of nitrogens with one attached hydrogen (secondary N) is 2. The van der Waals surface area contributed by atoms with E-state index in [2.05, 4.69) is 27.5 Å². The molecule has 0 saturated carbocycles. The number of benzene rings is 1. The van der Waals surface area contributed by atoms with Gasteiger partial charge >= 0.3 is 0 Å². The van der Waals surface area contributed by atoms with Crippen LogP contribution in [0.25, 0.3) is 0 Å².